The number of nitrogens with one attached hydrogen (secondary N) is 1. The smallest absolute Gasteiger partial charge is 0.266 e. The molecule has 0 spiro atoms. The van der Waals surface area contributed by atoms with Gasteiger partial charge in [0.1, 0.15) is 10.6 Å². The normalized spacial score (nSPS) is 10.3. The number of ether oxygens (including phenoxy) is 1. The van der Waals surface area contributed by atoms with Crippen molar-refractivity contribution in [1.82, 2.24) is 0 Å². The Morgan fingerprint density at radius 1 is 1.32 bits per heavy atom. The van der Waals surface area contributed by atoms with Crippen LogP contribution in [0.5, 0.6) is 5.75 Å². The van der Waals surface area contributed by atoms with Crippen LogP contribution in [0.15, 0.2) is 28.1 Å². The average molecular weight is 340 g/mol. The lowest BCUT2D eigenvalue weighted by Crippen LogP contribution is -2.12. The van der Waals surface area contributed by atoms with Gasteiger partial charge in [0.05, 0.1) is 7.11 Å². The van der Waals surface area contributed by atoms with Crippen molar-refractivity contribution in [3.63, 3.8) is 0 Å². The Morgan fingerprint density at radius 3 is 2.63 bits per heavy atom. The summed E-state index contributed by atoms with van der Waals surface area (Å²) in [5.41, 5.74) is 2.76. The molecule has 1 amide bonds. The largest absolute Gasteiger partial charge is 0.496 e. The molecule has 0 unspecified atom stereocenters. The molecule has 0 aliphatic carbocycles. The fourth-order valence-electron chi connectivity index (χ4n) is 1.91. The number of methoxy groups -OCH3 is 1. The molecule has 5 heteroatoms. The first-order valence-corrected chi connectivity index (χ1v) is 7.40. The Hall–Kier alpha value is -1.33. The summed E-state index contributed by atoms with van der Waals surface area (Å²) in [6, 6.07) is 5.69. The average Bonchev–Trinajstić information content (AvgIpc) is 2.80. The number of benzene rings is 1. The van der Waals surface area contributed by atoms with Crippen molar-refractivity contribution < 1.29 is 9.53 Å². The maximum atomic E-state index is 12.2. The van der Waals surface area contributed by atoms with E-state index in [-0.39, 0.29) is 5.91 Å². The van der Waals surface area contributed by atoms with E-state index in [1.165, 1.54) is 11.3 Å². The Kier molecular flexibility index (Phi) is 4.27. The molecule has 100 valence electrons. The van der Waals surface area contributed by atoms with Crippen molar-refractivity contribution in [3.8, 4) is 5.75 Å². The quantitative estimate of drug-likeness (QED) is 0.900. The molecule has 0 atom stereocenters. The van der Waals surface area contributed by atoms with Crippen LogP contribution in [0.2, 0.25) is 0 Å². The molecule has 1 aromatic heterocycles. The molecule has 0 saturated heterocycles. The highest BCUT2D eigenvalue weighted by Gasteiger charge is 2.14. The number of hydrogen-bond acceptors (Lipinski definition) is 3. The third kappa shape index (κ3) is 2.82. The van der Waals surface area contributed by atoms with Gasteiger partial charge in [-0.05, 0) is 52.9 Å². The first kappa shape index (κ1) is 14.1. The zero-order valence-corrected chi connectivity index (χ0v) is 13.3. The highest BCUT2D eigenvalue weighted by atomic mass is 79.9. The van der Waals surface area contributed by atoms with Crippen LogP contribution in [-0.4, -0.2) is 13.0 Å². The number of amides is 1. The van der Waals surface area contributed by atoms with Crippen LogP contribution in [0, 0.1) is 13.8 Å². The van der Waals surface area contributed by atoms with Crippen molar-refractivity contribution in [2.75, 3.05) is 12.4 Å². The van der Waals surface area contributed by atoms with E-state index >= 15 is 0 Å². The fourth-order valence-corrected chi connectivity index (χ4v) is 3.36. The molecule has 0 aliphatic heterocycles. The predicted molar refractivity (Wildman–Crippen MR) is 82.4 cm³/mol. The zero-order chi connectivity index (χ0) is 14.0. The molecule has 1 N–H and O–H groups in total. The van der Waals surface area contributed by atoms with Crippen LogP contribution in [0.4, 0.5) is 5.69 Å². The molecule has 2 rings (SSSR count). The highest BCUT2D eigenvalue weighted by molar-refractivity contribution is 9.10. The van der Waals surface area contributed by atoms with Gasteiger partial charge < -0.3 is 10.1 Å². The molecule has 2 aromatic rings. The highest BCUT2D eigenvalue weighted by Crippen LogP contribution is 2.30. The van der Waals surface area contributed by atoms with Gasteiger partial charge in [0.25, 0.3) is 5.91 Å². The lowest BCUT2D eigenvalue weighted by atomic mass is 10.1. The fraction of sp³-hybridized carbons (Fsp3) is 0.214. The van der Waals surface area contributed by atoms with Crippen LogP contribution in [0.25, 0.3) is 0 Å². The summed E-state index contributed by atoms with van der Waals surface area (Å²) < 4.78 is 6.17. The van der Waals surface area contributed by atoms with Crippen LogP contribution in [0.3, 0.4) is 0 Å². The zero-order valence-electron chi connectivity index (χ0n) is 10.9. The number of carbonyl (C=O) groups is 1. The van der Waals surface area contributed by atoms with E-state index in [2.05, 4.69) is 21.2 Å². The molecule has 1 aromatic carbocycles. The first-order valence-electron chi connectivity index (χ1n) is 5.73. The summed E-state index contributed by atoms with van der Waals surface area (Å²) in [5, 5.41) is 4.79. The van der Waals surface area contributed by atoms with Gasteiger partial charge in [-0.1, -0.05) is 6.07 Å². The van der Waals surface area contributed by atoms with Gasteiger partial charge in [-0.2, -0.15) is 0 Å². The number of halogens is 1. The third-order valence-electron chi connectivity index (χ3n) is 2.88. The molecule has 0 fully saturated rings. The van der Waals surface area contributed by atoms with Gasteiger partial charge in [0.15, 0.2) is 0 Å². The molecule has 19 heavy (non-hydrogen) atoms. The number of aryl methyl sites for hydroxylation is 1. The molecule has 1 heterocycles. The second-order valence-electron chi connectivity index (χ2n) is 4.14. The monoisotopic (exact) mass is 339 g/mol. The summed E-state index contributed by atoms with van der Waals surface area (Å²) in [4.78, 5) is 12.8. The minimum atomic E-state index is -0.115. The second kappa shape index (κ2) is 5.75. The van der Waals surface area contributed by atoms with E-state index in [4.69, 9.17) is 4.74 Å². The molecule has 0 bridgehead atoms. The van der Waals surface area contributed by atoms with Crippen molar-refractivity contribution in [2.45, 2.75) is 13.8 Å². The van der Waals surface area contributed by atoms with Gasteiger partial charge >= 0.3 is 0 Å². The predicted octanol–water partition coefficient (Wildman–Crippen LogP) is 4.39. The lowest BCUT2D eigenvalue weighted by molar-refractivity contribution is 0.103. The summed E-state index contributed by atoms with van der Waals surface area (Å²) >= 11 is 4.77. The van der Waals surface area contributed by atoms with Gasteiger partial charge in [0, 0.05) is 15.7 Å². The molecule has 0 radical (unpaired) electrons. The van der Waals surface area contributed by atoms with Crippen LogP contribution in [0.1, 0.15) is 20.8 Å². The first-order chi connectivity index (χ1) is 9.04. The second-order valence-corrected chi connectivity index (χ2v) is 5.91. The maximum absolute atomic E-state index is 12.2. The van der Waals surface area contributed by atoms with E-state index < -0.39 is 0 Å². The summed E-state index contributed by atoms with van der Waals surface area (Å²) in [5.74, 6) is 0.693. The van der Waals surface area contributed by atoms with Gasteiger partial charge in [0.2, 0.25) is 0 Å². The number of carbonyl (C=O) groups excluding carboxylic acids is 1. The van der Waals surface area contributed by atoms with Crippen molar-refractivity contribution >= 4 is 38.9 Å². The molecular weight excluding hydrogens is 326 g/mol. The Bertz CT molecular complexity index is 622. The topological polar surface area (TPSA) is 38.3 Å². The number of anilines is 1. The SMILES string of the molecule is COc1c(C)ccc(NC(=O)c2sccc2Br)c1C. The maximum Gasteiger partial charge on any atom is 0.266 e. The lowest BCUT2D eigenvalue weighted by Gasteiger charge is -2.13. The van der Waals surface area contributed by atoms with Gasteiger partial charge in [-0.25, -0.2) is 0 Å². The minimum absolute atomic E-state index is 0.115. The third-order valence-corrected chi connectivity index (χ3v) is 4.71. The van der Waals surface area contributed by atoms with Crippen LogP contribution in [-0.2, 0) is 0 Å². The van der Waals surface area contributed by atoms with Gasteiger partial charge in [-0.15, -0.1) is 11.3 Å². The number of rotatable bonds is 3. The van der Waals surface area contributed by atoms with E-state index in [0.717, 1.165) is 27.0 Å². The molecular formula is C14H14BrNO2S. The number of hydrogen-bond donors (Lipinski definition) is 1. The Labute approximate surface area is 124 Å². The number of thiophene rings is 1. The van der Waals surface area contributed by atoms with Crippen molar-refractivity contribution in [1.29, 1.82) is 0 Å². The summed E-state index contributed by atoms with van der Waals surface area (Å²) in [6.45, 7) is 3.91. The van der Waals surface area contributed by atoms with E-state index in [0.29, 0.717) is 4.88 Å². The Morgan fingerprint density at radius 2 is 2.05 bits per heavy atom. The van der Waals surface area contributed by atoms with Gasteiger partial charge in [-0.3, -0.25) is 4.79 Å². The van der Waals surface area contributed by atoms with E-state index in [1.807, 2.05) is 37.4 Å². The molecule has 0 aliphatic rings. The van der Waals surface area contributed by atoms with E-state index in [1.54, 1.807) is 7.11 Å². The van der Waals surface area contributed by atoms with Crippen LogP contribution >= 0.6 is 27.3 Å². The summed E-state index contributed by atoms with van der Waals surface area (Å²) in [6.07, 6.45) is 0. The summed E-state index contributed by atoms with van der Waals surface area (Å²) in [7, 11) is 1.64. The van der Waals surface area contributed by atoms with E-state index in [9.17, 15) is 4.79 Å². The standard InChI is InChI=1S/C14H14BrNO2S/c1-8-4-5-11(9(2)12(8)18-3)16-14(17)13-10(15)6-7-19-13/h4-7H,1-3H3,(H,16,17). The Balaban J connectivity index is 2.30. The minimum Gasteiger partial charge on any atom is -0.496 e. The van der Waals surface area contributed by atoms with Crippen molar-refractivity contribution in [3.05, 3.63) is 44.1 Å². The van der Waals surface area contributed by atoms with Crippen molar-refractivity contribution in [2.24, 2.45) is 0 Å². The molecule has 0 saturated carbocycles. The van der Waals surface area contributed by atoms with Crippen LogP contribution < -0.4 is 10.1 Å². The molecule has 3 nitrogen and oxygen atoms in total.